The summed E-state index contributed by atoms with van der Waals surface area (Å²) in [5, 5.41) is 12.5. The fraction of sp³-hybridized carbons (Fsp3) is 0.609. The Morgan fingerprint density at radius 1 is 1.14 bits per heavy atom. The fourth-order valence-corrected chi connectivity index (χ4v) is 5.68. The first-order valence-electron chi connectivity index (χ1n) is 10.9. The molecule has 2 N–H and O–H groups in total. The van der Waals surface area contributed by atoms with E-state index in [4.69, 9.17) is 0 Å². The Bertz CT molecular complexity index is 856. The van der Waals surface area contributed by atoms with Crippen LogP contribution in [0.2, 0.25) is 0 Å². The number of rotatable bonds is 3. The first-order chi connectivity index (χ1) is 13.6. The number of aromatic nitrogens is 1. The molecule has 2 aromatic rings. The molecule has 0 bridgehead atoms. The second-order valence-electron chi connectivity index (χ2n) is 9.16. The summed E-state index contributed by atoms with van der Waals surface area (Å²) in [5.74, 6) is 0.733. The van der Waals surface area contributed by atoms with Crippen molar-refractivity contribution >= 4 is 16.8 Å². The standard InChI is InChI=1S/C23H31N3O2/c27-22(17-4-1-2-5-17)26-13-10-23(28)9-12-25(15-19(23)16-26)14-18-6-3-7-21-20(18)8-11-24-21/h3,6-8,11,17,19,24,28H,1-2,4-5,9-10,12-16H2/t19-,23-/m1/s1. The van der Waals surface area contributed by atoms with Crippen molar-refractivity contribution in [1.29, 1.82) is 0 Å². The summed E-state index contributed by atoms with van der Waals surface area (Å²) in [5.41, 5.74) is 1.92. The molecule has 1 aromatic heterocycles. The number of hydrogen-bond acceptors (Lipinski definition) is 3. The highest BCUT2D eigenvalue weighted by atomic mass is 16.3. The molecule has 1 amide bonds. The van der Waals surface area contributed by atoms with E-state index in [2.05, 4.69) is 39.0 Å². The summed E-state index contributed by atoms with van der Waals surface area (Å²) in [6.45, 7) is 4.14. The lowest BCUT2D eigenvalue weighted by Crippen LogP contribution is -2.60. The lowest BCUT2D eigenvalue weighted by Gasteiger charge is -2.50. The fourth-order valence-electron chi connectivity index (χ4n) is 5.68. The van der Waals surface area contributed by atoms with Crippen LogP contribution >= 0.6 is 0 Å². The molecule has 0 spiro atoms. The molecule has 3 heterocycles. The van der Waals surface area contributed by atoms with Crippen molar-refractivity contribution in [2.45, 2.75) is 50.7 Å². The zero-order chi connectivity index (χ0) is 19.1. The summed E-state index contributed by atoms with van der Waals surface area (Å²) < 4.78 is 0. The molecule has 0 unspecified atom stereocenters. The van der Waals surface area contributed by atoms with Gasteiger partial charge in [0.25, 0.3) is 0 Å². The number of likely N-dealkylation sites (tertiary alicyclic amines) is 2. The molecule has 28 heavy (non-hydrogen) atoms. The van der Waals surface area contributed by atoms with E-state index in [1.54, 1.807) is 0 Å². The Hall–Kier alpha value is -1.85. The average molecular weight is 382 g/mol. The van der Waals surface area contributed by atoms with Crippen molar-refractivity contribution in [3.8, 4) is 0 Å². The molecule has 5 nitrogen and oxygen atoms in total. The monoisotopic (exact) mass is 381 g/mol. The highest BCUT2D eigenvalue weighted by Gasteiger charge is 2.46. The van der Waals surface area contributed by atoms with Gasteiger partial charge in [-0.2, -0.15) is 0 Å². The number of nitrogens with zero attached hydrogens (tertiary/aromatic N) is 2. The van der Waals surface area contributed by atoms with Gasteiger partial charge in [-0.15, -0.1) is 0 Å². The van der Waals surface area contributed by atoms with Gasteiger partial charge < -0.3 is 15.0 Å². The molecule has 2 aliphatic heterocycles. The van der Waals surface area contributed by atoms with Crippen LogP contribution in [-0.4, -0.2) is 57.6 Å². The number of hydrogen-bond donors (Lipinski definition) is 2. The number of piperidine rings is 2. The van der Waals surface area contributed by atoms with Crippen molar-refractivity contribution in [2.75, 3.05) is 26.2 Å². The van der Waals surface area contributed by atoms with Gasteiger partial charge in [0.1, 0.15) is 0 Å². The molecule has 3 fully saturated rings. The molecular formula is C23H31N3O2. The van der Waals surface area contributed by atoms with Crippen LogP contribution in [-0.2, 0) is 11.3 Å². The number of carbonyl (C=O) groups excluding carboxylic acids is 1. The molecule has 1 aromatic carbocycles. The quantitative estimate of drug-likeness (QED) is 0.859. The average Bonchev–Trinajstić information content (AvgIpc) is 3.39. The predicted molar refractivity (Wildman–Crippen MR) is 110 cm³/mol. The number of aliphatic hydroxyl groups is 1. The number of fused-ring (bicyclic) bond motifs is 2. The minimum atomic E-state index is -0.594. The molecule has 0 radical (unpaired) electrons. The van der Waals surface area contributed by atoms with Crippen molar-refractivity contribution in [1.82, 2.24) is 14.8 Å². The third-order valence-electron chi connectivity index (χ3n) is 7.45. The van der Waals surface area contributed by atoms with E-state index < -0.39 is 5.60 Å². The number of carbonyl (C=O) groups is 1. The second-order valence-corrected chi connectivity index (χ2v) is 9.16. The number of benzene rings is 1. The molecule has 2 atom stereocenters. The van der Waals surface area contributed by atoms with Crippen LogP contribution in [0.5, 0.6) is 0 Å². The van der Waals surface area contributed by atoms with Gasteiger partial charge >= 0.3 is 0 Å². The maximum absolute atomic E-state index is 12.9. The SMILES string of the molecule is O=C(C1CCCC1)N1CC[C@]2(O)CCN(Cc3cccc4[nH]ccc34)C[C@@H]2C1. The Labute approximate surface area is 166 Å². The summed E-state index contributed by atoms with van der Waals surface area (Å²) in [4.78, 5) is 20.7. The van der Waals surface area contributed by atoms with E-state index >= 15 is 0 Å². The van der Waals surface area contributed by atoms with Gasteiger partial charge in [-0.25, -0.2) is 0 Å². The zero-order valence-electron chi connectivity index (χ0n) is 16.6. The largest absolute Gasteiger partial charge is 0.389 e. The topological polar surface area (TPSA) is 59.6 Å². The van der Waals surface area contributed by atoms with Crippen LogP contribution in [0.4, 0.5) is 0 Å². The predicted octanol–water partition coefficient (Wildman–Crippen LogP) is 3.14. The van der Waals surface area contributed by atoms with E-state index in [1.165, 1.54) is 29.3 Å². The molecule has 2 saturated heterocycles. The Morgan fingerprint density at radius 2 is 1.96 bits per heavy atom. The third kappa shape index (κ3) is 3.25. The molecular weight excluding hydrogens is 350 g/mol. The summed E-state index contributed by atoms with van der Waals surface area (Å²) in [6.07, 6.45) is 8.03. The molecule has 1 saturated carbocycles. The molecule has 5 heteroatoms. The number of nitrogens with one attached hydrogen (secondary N) is 1. The minimum absolute atomic E-state index is 0.158. The molecule has 150 valence electrons. The number of aromatic amines is 1. The summed E-state index contributed by atoms with van der Waals surface area (Å²) >= 11 is 0. The van der Waals surface area contributed by atoms with Crippen LogP contribution in [0.15, 0.2) is 30.5 Å². The van der Waals surface area contributed by atoms with Gasteiger partial charge in [-0.1, -0.05) is 25.0 Å². The lowest BCUT2D eigenvalue weighted by atomic mass is 9.75. The van der Waals surface area contributed by atoms with E-state index in [0.29, 0.717) is 5.91 Å². The van der Waals surface area contributed by atoms with E-state index in [9.17, 15) is 9.90 Å². The zero-order valence-corrected chi connectivity index (χ0v) is 16.6. The van der Waals surface area contributed by atoms with E-state index in [0.717, 1.165) is 58.4 Å². The van der Waals surface area contributed by atoms with Gasteiger partial charge in [0.05, 0.1) is 5.60 Å². The van der Waals surface area contributed by atoms with Crippen molar-refractivity contribution in [3.05, 3.63) is 36.0 Å². The van der Waals surface area contributed by atoms with Crippen LogP contribution in [0.25, 0.3) is 10.9 Å². The minimum Gasteiger partial charge on any atom is -0.389 e. The first-order valence-corrected chi connectivity index (χ1v) is 10.9. The maximum Gasteiger partial charge on any atom is 0.225 e. The van der Waals surface area contributed by atoms with Crippen LogP contribution in [0.3, 0.4) is 0 Å². The van der Waals surface area contributed by atoms with Crippen molar-refractivity contribution in [3.63, 3.8) is 0 Å². The van der Waals surface area contributed by atoms with Gasteiger partial charge in [0.2, 0.25) is 5.91 Å². The Kier molecular flexibility index (Phi) is 4.68. The smallest absolute Gasteiger partial charge is 0.225 e. The summed E-state index contributed by atoms with van der Waals surface area (Å²) in [7, 11) is 0. The van der Waals surface area contributed by atoms with E-state index in [1.807, 2.05) is 6.20 Å². The van der Waals surface area contributed by atoms with Gasteiger partial charge in [-0.3, -0.25) is 9.69 Å². The van der Waals surface area contributed by atoms with Crippen molar-refractivity contribution < 1.29 is 9.90 Å². The van der Waals surface area contributed by atoms with Crippen LogP contribution in [0, 0.1) is 11.8 Å². The third-order valence-corrected chi connectivity index (χ3v) is 7.45. The number of H-pyrrole nitrogens is 1. The number of amides is 1. The highest BCUT2D eigenvalue weighted by molar-refractivity contribution is 5.82. The molecule has 1 aliphatic carbocycles. The van der Waals surface area contributed by atoms with Crippen LogP contribution < -0.4 is 0 Å². The molecule has 3 aliphatic rings. The summed E-state index contributed by atoms with van der Waals surface area (Å²) in [6, 6.07) is 8.57. The van der Waals surface area contributed by atoms with Gasteiger partial charge in [0, 0.05) is 61.7 Å². The Balaban J connectivity index is 1.28. The van der Waals surface area contributed by atoms with E-state index in [-0.39, 0.29) is 11.8 Å². The maximum atomic E-state index is 12.9. The van der Waals surface area contributed by atoms with Gasteiger partial charge in [-0.05, 0) is 43.4 Å². The second kappa shape index (κ2) is 7.20. The normalized spacial score (nSPS) is 29.3. The molecule has 5 rings (SSSR count). The van der Waals surface area contributed by atoms with Gasteiger partial charge in [0.15, 0.2) is 0 Å². The van der Waals surface area contributed by atoms with Crippen LogP contribution in [0.1, 0.15) is 44.1 Å². The lowest BCUT2D eigenvalue weighted by molar-refractivity contribution is -0.150. The highest BCUT2D eigenvalue weighted by Crippen LogP contribution is 2.37. The first kappa shape index (κ1) is 18.2. The Morgan fingerprint density at radius 3 is 2.82 bits per heavy atom. The van der Waals surface area contributed by atoms with Crippen molar-refractivity contribution in [2.24, 2.45) is 11.8 Å².